The number of anilines is 1. The van der Waals surface area contributed by atoms with Crippen LogP contribution in [0.5, 0.6) is 0 Å². The van der Waals surface area contributed by atoms with Gasteiger partial charge in [-0.3, -0.25) is 4.84 Å². The van der Waals surface area contributed by atoms with Gasteiger partial charge < -0.3 is 5.73 Å². The van der Waals surface area contributed by atoms with Crippen molar-refractivity contribution >= 4 is 15.7 Å². The lowest BCUT2D eigenvalue weighted by Gasteiger charge is -2.15. The molecular formula is C9H11FN2O3S. The van der Waals surface area contributed by atoms with Crippen molar-refractivity contribution in [1.82, 2.24) is 4.47 Å². The lowest BCUT2D eigenvalue weighted by molar-refractivity contribution is -0.0285. The van der Waals surface area contributed by atoms with Gasteiger partial charge in [0.1, 0.15) is 10.7 Å². The van der Waals surface area contributed by atoms with Gasteiger partial charge in [0.15, 0.2) is 0 Å². The number of nitrogens with zero attached hydrogens (tertiary/aromatic N) is 1. The number of sulfonamides is 1. The van der Waals surface area contributed by atoms with Gasteiger partial charge >= 0.3 is 0 Å². The molecule has 1 saturated heterocycles. The molecule has 0 spiro atoms. The Labute approximate surface area is 92.6 Å². The van der Waals surface area contributed by atoms with Crippen LogP contribution in [0.15, 0.2) is 23.1 Å². The van der Waals surface area contributed by atoms with E-state index in [1.807, 2.05) is 0 Å². The summed E-state index contributed by atoms with van der Waals surface area (Å²) >= 11 is 0. The predicted molar refractivity (Wildman–Crippen MR) is 55.3 cm³/mol. The number of hydroxylamine groups is 1. The quantitative estimate of drug-likeness (QED) is 0.781. The average Bonchev–Trinajstić information content (AvgIpc) is 2.69. The molecule has 0 radical (unpaired) electrons. The predicted octanol–water partition coefficient (Wildman–Crippen LogP) is 0.734. The molecule has 0 aromatic heterocycles. The third-order valence-corrected chi connectivity index (χ3v) is 4.01. The standard InChI is InChI=1S/C9H11FN2O3S/c10-7-3-1-4-8(11)9(7)16(13,14)12-5-2-6-15-12/h1,3-4H,2,5-6,11H2. The molecule has 16 heavy (non-hydrogen) atoms. The van der Waals surface area contributed by atoms with Gasteiger partial charge in [-0.25, -0.2) is 12.8 Å². The number of halogens is 1. The first kappa shape index (κ1) is 11.3. The molecule has 1 aromatic carbocycles. The van der Waals surface area contributed by atoms with Gasteiger partial charge in [-0.05, 0) is 18.6 Å². The van der Waals surface area contributed by atoms with Gasteiger partial charge in [0.05, 0.1) is 12.3 Å². The van der Waals surface area contributed by atoms with Crippen molar-refractivity contribution in [3.8, 4) is 0 Å². The number of nitrogens with two attached hydrogens (primary N) is 1. The first-order chi connectivity index (χ1) is 7.53. The van der Waals surface area contributed by atoms with Crippen molar-refractivity contribution in [1.29, 1.82) is 0 Å². The molecule has 0 unspecified atom stereocenters. The minimum absolute atomic E-state index is 0.115. The lowest BCUT2D eigenvalue weighted by atomic mass is 10.3. The molecule has 1 fully saturated rings. The van der Waals surface area contributed by atoms with Crippen molar-refractivity contribution in [2.45, 2.75) is 11.3 Å². The molecule has 0 atom stereocenters. The summed E-state index contributed by atoms with van der Waals surface area (Å²) < 4.78 is 38.2. The molecule has 0 saturated carbocycles. The van der Waals surface area contributed by atoms with Crippen LogP contribution >= 0.6 is 0 Å². The highest BCUT2D eigenvalue weighted by atomic mass is 32.2. The third kappa shape index (κ3) is 1.77. The SMILES string of the molecule is Nc1cccc(F)c1S(=O)(=O)N1CCCO1. The Bertz CT molecular complexity index is 477. The van der Waals surface area contributed by atoms with Gasteiger partial charge in [-0.2, -0.15) is 0 Å². The molecule has 0 amide bonds. The van der Waals surface area contributed by atoms with Crippen molar-refractivity contribution in [3.05, 3.63) is 24.0 Å². The number of hydrogen-bond donors (Lipinski definition) is 1. The summed E-state index contributed by atoms with van der Waals surface area (Å²) in [5.41, 5.74) is 5.36. The van der Waals surface area contributed by atoms with Crippen molar-refractivity contribution in [2.75, 3.05) is 18.9 Å². The van der Waals surface area contributed by atoms with E-state index in [9.17, 15) is 12.8 Å². The van der Waals surface area contributed by atoms with Gasteiger partial charge in [0.2, 0.25) is 0 Å². The zero-order valence-electron chi connectivity index (χ0n) is 8.39. The Kier molecular flexibility index (Phi) is 2.83. The summed E-state index contributed by atoms with van der Waals surface area (Å²) in [5, 5.41) is 0. The molecule has 0 aliphatic carbocycles. The Morgan fingerprint density at radius 1 is 1.44 bits per heavy atom. The Morgan fingerprint density at radius 2 is 2.19 bits per heavy atom. The van der Waals surface area contributed by atoms with Crippen LogP contribution in [0.1, 0.15) is 6.42 Å². The smallest absolute Gasteiger partial charge is 0.269 e. The van der Waals surface area contributed by atoms with Gasteiger partial charge in [0, 0.05) is 6.54 Å². The van der Waals surface area contributed by atoms with E-state index < -0.39 is 20.7 Å². The summed E-state index contributed by atoms with van der Waals surface area (Å²) in [6.45, 7) is 0.531. The van der Waals surface area contributed by atoms with Crippen LogP contribution in [-0.4, -0.2) is 26.0 Å². The van der Waals surface area contributed by atoms with E-state index in [1.165, 1.54) is 12.1 Å². The van der Waals surface area contributed by atoms with Gasteiger partial charge in [-0.15, -0.1) is 0 Å². The first-order valence-electron chi connectivity index (χ1n) is 4.73. The second kappa shape index (κ2) is 4.00. The fraction of sp³-hybridized carbons (Fsp3) is 0.333. The highest BCUT2D eigenvalue weighted by Crippen LogP contribution is 2.27. The number of nitrogen functional groups attached to an aromatic ring is 1. The molecule has 1 heterocycles. The second-order valence-electron chi connectivity index (χ2n) is 3.38. The molecule has 2 N–H and O–H groups in total. The number of hydrogen-bond acceptors (Lipinski definition) is 4. The van der Waals surface area contributed by atoms with Crippen LogP contribution in [0.25, 0.3) is 0 Å². The Balaban J connectivity index is 2.50. The summed E-state index contributed by atoms with van der Waals surface area (Å²) in [5.74, 6) is -0.865. The van der Waals surface area contributed by atoms with Gasteiger partial charge in [-0.1, -0.05) is 10.5 Å². The zero-order chi connectivity index (χ0) is 11.8. The van der Waals surface area contributed by atoms with Crippen molar-refractivity contribution in [3.63, 3.8) is 0 Å². The minimum Gasteiger partial charge on any atom is -0.398 e. The Morgan fingerprint density at radius 3 is 2.75 bits per heavy atom. The third-order valence-electron chi connectivity index (χ3n) is 2.24. The molecular weight excluding hydrogens is 235 g/mol. The minimum atomic E-state index is -3.99. The monoisotopic (exact) mass is 246 g/mol. The molecule has 7 heteroatoms. The van der Waals surface area contributed by atoms with E-state index in [-0.39, 0.29) is 12.2 Å². The fourth-order valence-electron chi connectivity index (χ4n) is 1.51. The number of benzene rings is 1. The van der Waals surface area contributed by atoms with Crippen LogP contribution in [0.4, 0.5) is 10.1 Å². The molecule has 1 aliphatic heterocycles. The van der Waals surface area contributed by atoms with E-state index in [1.54, 1.807) is 0 Å². The van der Waals surface area contributed by atoms with Crippen LogP contribution in [-0.2, 0) is 14.9 Å². The van der Waals surface area contributed by atoms with E-state index >= 15 is 0 Å². The highest BCUT2D eigenvalue weighted by Gasteiger charge is 2.32. The fourth-order valence-corrected chi connectivity index (χ4v) is 2.98. The molecule has 88 valence electrons. The maximum absolute atomic E-state index is 13.5. The van der Waals surface area contributed by atoms with E-state index in [2.05, 4.69) is 0 Å². The maximum Gasteiger partial charge on any atom is 0.269 e. The highest BCUT2D eigenvalue weighted by molar-refractivity contribution is 7.89. The Hall–Kier alpha value is -1.18. The molecule has 1 aromatic rings. The van der Waals surface area contributed by atoms with Gasteiger partial charge in [0.25, 0.3) is 10.0 Å². The molecule has 5 nitrogen and oxygen atoms in total. The van der Waals surface area contributed by atoms with E-state index in [0.29, 0.717) is 13.0 Å². The summed E-state index contributed by atoms with van der Waals surface area (Å²) in [4.78, 5) is 4.39. The normalized spacial score (nSPS) is 17.8. The first-order valence-corrected chi connectivity index (χ1v) is 6.17. The maximum atomic E-state index is 13.5. The second-order valence-corrected chi connectivity index (χ2v) is 5.14. The van der Waals surface area contributed by atoms with E-state index in [4.69, 9.17) is 10.6 Å². The van der Waals surface area contributed by atoms with Crippen LogP contribution in [0.2, 0.25) is 0 Å². The summed E-state index contributed by atoms with van der Waals surface area (Å²) in [6, 6.07) is 3.75. The average molecular weight is 246 g/mol. The topological polar surface area (TPSA) is 72.6 Å². The van der Waals surface area contributed by atoms with Crippen LogP contribution in [0.3, 0.4) is 0 Å². The zero-order valence-corrected chi connectivity index (χ0v) is 9.21. The van der Waals surface area contributed by atoms with Crippen molar-refractivity contribution < 1.29 is 17.6 Å². The van der Waals surface area contributed by atoms with Crippen LogP contribution in [0, 0.1) is 5.82 Å². The molecule has 2 rings (SSSR count). The largest absolute Gasteiger partial charge is 0.398 e. The van der Waals surface area contributed by atoms with E-state index in [0.717, 1.165) is 10.5 Å². The molecule has 0 bridgehead atoms. The van der Waals surface area contributed by atoms with Crippen molar-refractivity contribution in [2.24, 2.45) is 0 Å². The summed E-state index contributed by atoms with van der Waals surface area (Å²) in [7, 11) is -3.99. The molecule has 1 aliphatic rings. The summed E-state index contributed by atoms with van der Waals surface area (Å²) in [6.07, 6.45) is 0.591. The number of rotatable bonds is 2. The van der Waals surface area contributed by atoms with Crippen LogP contribution < -0.4 is 5.73 Å². The lowest BCUT2D eigenvalue weighted by Crippen LogP contribution is -2.28.